The van der Waals surface area contributed by atoms with Gasteiger partial charge in [0.2, 0.25) is 0 Å². The lowest BCUT2D eigenvalue weighted by Crippen LogP contribution is -2.39. The average Bonchev–Trinajstić information content (AvgIpc) is 2.63. The molecule has 3 rings (SSSR count). The zero-order valence-electron chi connectivity index (χ0n) is 13.3. The lowest BCUT2D eigenvalue weighted by Gasteiger charge is -2.26. The number of carbonyl (C=O) groups excluding carboxylic acids is 1. The lowest BCUT2D eigenvalue weighted by atomic mass is 10.0. The minimum Gasteiger partial charge on any atom is -0.289 e. The van der Waals surface area contributed by atoms with Crippen molar-refractivity contribution < 1.29 is 13.2 Å². The van der Waals surface area contributed by atoms with Crippen LogP contribution in [0.25, 0.3) is 0 Å². The second-order valence-electron chi connectivity index (χ2n) is 5.84. The Balaban J connectivity index is 1.71. The first-order valence-corrected chi connectivity index (χ1v) is 9.48. The Hall–Kier alpha value is -2.18. The first-order valence-electron chi connectivity index (χ1n) is 8.04. The van der Waals surface area contributed by atoms with Crippen LogP contribution in [0.1, 0.15) is 35.2 Å². The van der Waals surface area contributed by atoms with E-state index in [0.717, 1.165) is 19.3 Å². The summed E-state index contributed by atoms with van der Waals surface area (Å²) in [5.74, 6) is -0.0824. The van der Waals surface area contributed by atoms with E-state index in [1.807, 2.05) is 18.2 Å². The average molecular weight is 344 g/mol. The van der Waals surface area contributed by atoms with Crippen molar-refractivity contribution in [3.05, 3.63) is 65.7 Å². The molecule has 24 heavy (non-hydrogen) atoms. The van der Waals surface area contributed by atoms with E-state index in [1.54, 1.807) is 36.4 Å². The number of anilines is 1. The lowest BCUT2D eigenvalue weighted by molar-refractivity contribution is 0.103. The molecule has 0 amide bonds. The second-order valence-corrected chi connectivity index (χ2v) is 7.51. The number of nitrogens with zero attached hydrogens (tertiary/aromatic N) is 1. The largest absolute Gasteiger partial charge is 0.301 e. The fourth-order valence-corrected chi connectivity index (χ4v) is 4.07. The highest BCUT2D eigenvalue weighted by molar-refractivity contribution is 7.90. The van der Waals surface area contributed by atoms with Gasteiger partial charge in [0.15, 0.2) is 5.78 Å². The third kappa shape index (κ3) is 3.83. The predicted octanol–water partition coefficient (Wildman–Crippen LogP) is 3.06. The minimum atomic E-state index is -3.52. The van der Waals surface area contributed by atoms with Gasteiger partial charge >= 0.3 is 10.2 Å². The Labute approximate surface area is 142 Å². The molecule has 126 valence electrons. The summed E-state index contributed by atoms with van der Waals surface area (Å²) >= 11 is 0. The summed E-state index contributed by atoms with van der Waals surface area (Å²) in [5.41, 5.74) is 1.60. The van der Waals surface area contributed by atoms with Crippen LogP contribution in [0.4, 0.5) is 5.69 Å². The van der Waals surface area contributed by atoms with E-state index >= 15 is 0 Å². The first kappa shape index (κ1) is 16.7. The van der Waals surface area contributed by atoms with Gasteiger partial charge in [0.05, 0.1) is 0 Å². The number of piperidine rings is 1. The van der Waals surface area contributed by atoms with E-state index in [-0.39, 0.29) is 5.78 Å². The zero-order valence-corrected chi connectivity index (χ0v) is 14.1. The molecule has 0 atom stereocenters. The number of nitrogens with one attached hydrogen (secondary N) is 1. The molecule has 6 heteroatoms. The Morgan fingerprint density at radius 1 is 0.833 bits per heavy atom. The highest BCUT2D eigenvalue weighted by atomic mass is 32.2. The number of benzene rings is 2. The van der Waals surface area contributed by atoms with Crippen LogP contribution in [-0.2, 0) is 10.2 Å². The molecule has 0 bridgehead atoms. The molecule has 0 unspecified atom stereocenters. The van der Waals surface area contributed by atoms with Gasteiger partial charge in [-0.25, -0.2) is 0 Å². The van der Waals surface area contributed by atoms with Crippen LogP contribution >= 0.6 is 0 Å². The molecule has 1 saturated heterocycles. The van der Waals surface area contributed by atoms with Crippen molar-refractivity contribution in [3.63, 3.8) is 0 Å². The van der Waals surface area contributed by atoms with E-state index in [4.69, 9.17) is 0 Å². The van der Waals surface area contributed by atoms with Crippen LogP contribution in [-0.4, -0.2) is 31.6 Å². The van der Waals surface area contributed by atoms with Crippen molar-refractivity contribution in [2.24, 2.45) is 0 Å². The van der Waals surface area contributed by atoms with Crippen molar-refractivity contribution in [2.45, 2.75) is 19.3 Å². The number of hydrogen-bond acceptors (Lipinski definition) is 3. The molecule has 1 aliphatic heterocycles. The van der Waals surface area contributed by atoms with Crippen LogP contribution < -0.4 is 4.72 Å². The van der Waals surface area contributed by atoms with Gasteiger partial charge in [-0.3, -0.25) is 9.52 Å². The van der Waals surface area contributed by atoms with Crippen molar-refractivity contribution in [2.75, 3.05) is 17.8 Å². The summed E-state index contributed by atoms with van der Waals surface area (Å²) in [4.78, 5) is 12.3. The maximum Gasteiger partial charge on any atom is 0.301 e. The van der Waals surface area contributed by atoms with Gasteiger partial charge < -0.3 is 0 Å². The predicted molar refractivity (Wildman–Crippen MR) is 94.3 cm³/mol. The van der Waals surface area contributed by atoms with Crippen LogP contribution in [0, 0.1) is 0 Å². The smallest absolute Gasteiger partial charge is 0.289 e. The van der Waals surface area contributed by atoms with Crippen molar-refractivity contribution in [3.8, 4) is 0 Å². The van der Waals surface area contributed by atoms with Crippen molar-refractivity contribution >= 4 is 21.7 Å². The molecular weight excluding hydrogens is 324 g/mol. The fourth-order valence-electron chi connectivity index (χ4n) is 2.76. The monoisotopic (exact) mass is 344 g/mol. The Morgan fingerprint density at radius 2 is 1.42 bits per heavy atom. The van der Waals surface area contributed by atoms with E-state index in [9.17, 15) is 13.2 Å². The van der Waals surface area contributed by atoms with Crippen molar-refractivity contribution in [1.29, 1.82) is 0 Å². The third-order valence-corrected chi connectivity index (χ3v) is 5.62. The zero-order chi connectivity index (χ0) is 17.0. The summed E-state index contributed by atoms with van der Waals surface area (Å²) in [5, 5.41) is 0. The molecular formula is C18H20N2O3S. The first-order chi connectivity index (χ1) is 11.6. The molecule has 2 aromatic carbocycles. The van der Waals surface area contributed by atoms with Gasteiger partial charge in [0, 0.05) is 29.9 Å². The van der Waals surface area contributed by atoms with E-state index in [0.29, 0.717) is 29.9 Å². The normalized spacial score (nSPS) is 15.8. The number of ketones is 1. The van der Waals surface area contributed by atoms with Gasteiger partial charge in [-0.1, -0.05) is 36.8 Å². The summed E-state index contributed by atoms with van der Waals surface area (Å²) in [7, 11) is -3.52. The van der Waals surface area contributed by atoms with E-state index in [2.05, 4.69) is 4.72 Å². The number of rotatable bonds is 5. The number of hydrogen-bond donors (Lipinski definition) is 1. The topological polar surface area (TPSA) is 66.5 Å². The van der Waals surface area contributed by atoms with Crippen LogP contribution in [0.3, 0.4) is 0 Å². The second kappa shape index (κ2) is 7.15. The standard InChI is InChI=1S/C18H20N2O3S/c21-18(15-7-3-1-4-8-15)16-9-11-17(12-10-16)19-24(22,23)20-13-5-2-6-14-20/h1,3-4,7-12,19H,2,5-6,13-14H2. The van der Waals surface area contributed by atoms with Gasteiger partial charge in [-0.05, 0) is 37.1 Å². The van der Waals surface area contributed by atoms with Gasteiger partial charge in [0.1, 0.15) is 0 Å². The minimum absolute atomic E-state index is 0.0824. The molecule has 5 nitrogen and oxygen atoms in total. The van der Waals surface area contributed by atoms with Crippen LogP contribution in [0.2, 0.25) is 0 Å². The number of carbonyl (C=O) groups is 1. The third-order valence-electron chi connectivity index (χ3n) is 4.08. The maximum absolute atomic E-state index is 12.3. The van der Waals surface area contributed by atoms with Gasteiger partial charge in [-0.15, -0.1) is 0 Å². The van der Waals surface area contributed by atoms with E-state index < -0.39 is 10.2 Å². The molecule has 0 spiro atoms. The Kier molecular flexibility index (Phi) is 4.97. The highest BCUT2D eigenvalue weighted by Gasteiger charge is 2.23. The van der Waals surface area contributed by atoms with Crippen LogP contribution in [0.5, 0.6) is 0 Å². The van der Waals surface area contributed by atoms with Crippen molar-refractivity contribution in [1.82, 2.24) is 4.31 Å². The molecule has 0 saturated carbocycles. The molecule has 1 fully saturated rings. The molecule has 1 N–H and O–H groups in total. The summed E-state index contributed by atoms with van der Waals surface area (Å²) in [6.07, 6.45) is 2.86. The fraction of sp³-hybridized carbons (Fsp3) is 0.278. The van der Waals surface area contributed by atoms with Crippen LogP contribution in [0.15, 0.2) is 54.6 Å². The molecule has 0 aliphatic carbocycles. The quantitative estimate of drug-likeness (QED) is 0.848. The molecule has 0 aromatic heterocycles. The molecule has 2 aromatic rings. The van der Waals surface area contributed by atoms with Gasteiger partial charge in [0.25, 0.3) is 0 Å². The molecule has 1 heterocycles. The Morgan fingerprint density at radius 3 is 2.04 bits per heavy atom. The SMILES string of the molecule is O=C(c1ccccc1)c1ccc(NS(=O)(=O)N2CCCCC2)cc1. The highest BCUT2D eigenvalue weighted by Crippen LogP contribution is 2.18. The Bertz CT molecular complexity index is 796. The summed E-state index contributed by atoms with van der Waals surface area (Å²) < 4.78 is 28.7. The van der Waals surface area contributed by atoms with Gasteiger partial charge in [-0.2, -0.15) is 12.7 Å². The van der Waals surface area contributed by atoms with E-state index in [1.165, 1.54) is 4.31 Å². The molecule has 1 aliphatic rings. The summed E-state index contributed by atoms with van der Waals surface area (Å²) in [6, 6.07) is 15.5. The summed E-state index contributed by atoms with van der Waals surface area (Å²) in [6.45, 7) is 1.11. The molecule has 0 radical (unpaired) electrons. The maximum atomic E-state index is 12.3.